The van der Waals surface area contributed by atoms with E-state index in [-0.39, 0.29) is 17.9 Å². The Morgan fingerprint density at radius 1 is 1.28 bits per heavy atom. The van der Waals surface area contributed by atoms with E-state index in [0.29, 0.717) is 5.56 Å². The van der Waals surface area contributed by atoms with Gasteiger partial charge in [0.25, 0.3) is 5.91 Å². The number of rotatable bonds is 5. The molecule has 3 rings (SSSR count). The molecule has 0 spiro atoms. The number of carbonyl (C=O) groups is 1. The Morgan fingerprint density at radius 2 is 2.00 bits per heavy atom. The molecule has 0 saturated heterocycles. The van der Waals surface area contributed by atoms with Crippen molar-refractivity contribution in [1.29, 1.82) is 0 Å². The fraction of sp³-hybridized carbons (Fsp3) is 0.200. The van der Waals surface area contributed by atoms with Crippen LogP contribution in [0.1, 0.15) is 28.8 Å². The molecule has 0 aliphatic carbocycles. The molecular weight excluding hydrogens is 378 g/mol. The maximum Gasteiger partial charge on any atom is 0.271 e. The number of nitrogens with zero attached hydrogens (tertiary/aromatic N) is 2. The first-order valence-corrected chi connectivity index (χ1v) is 8.96. The van der Waals surface area contributed by atoms with Crippen molar-refractivity contribution in [3.8, 4) is 0 Å². The summed E-state index contributed by atoms with van der Waals surface area (Å²) in [6.07, 6.45) is 3.73. The fourth-order valence-electron chi connectivity index (χ4n) is 3.15. The van der Waals surface area contributed by atoms with Crippen LogP contribution < -0.4 is 10.3 Å². The Hall–Kier alpha value is -2.40. The molecule has 1 amide bonds. The molecule has 5 heteroatoms. The Balaban J connectivity index is 1.73. The lowest BCUT2D eigenvalue weighted by atomic mass is 9.97. The Labute approximate surface area is 156 Å². The molecular formula is C20H20BrN3O. The number of hydrazone groups is 1. The molecule has 0 saturated carbocycles. The van der Waals surface area contributed by atoms with Gasteiger partial charge in [0.2, 0.25) is 0 Å². The third-order valence-corrected chi connectivity index (χ3v) is 4.98. The molecule has 25 heavy (non-hydrogen) atoms. The van der Waals surface area contributed by atoms with Gasteiger partial charge >= 0.3 is 0 Å². The molecule has 1 heterocycles. The number of carbonyl (C=O) groups excluding carboxylic acids is 1. The minimum atomic E-state index is -0.217. The molecule has 0 aromatic heterocycles. The molecule has 0 fully saturated rings. The summed E-state index contributed by atoms with van der Waals surface area (Å²) in [6, 6.07) is 15.7. The summed E-state index contributed by atoms with van der Waals surface area (Å²) in [5, 5.41) is 4.21. The molecule has 1 N–H and O–H groups in total. The molecule has 2 aromatic rings. The van der Waals surface area contributed by atoms with E-state index in [4.69, 9.17) is 0 Å². The van der Waals surface area contributed by atoms with Crippen LogP contribution in [0.4, 0.5) is 5.69 Å². The van der Waals surface area contributed by atoms with Crippen molar-refractivity contribution in [1.82, 2.24) is 5.43 Å². The zero-order valence-corrected chi connectivity index (χ0v) is 15.6. The minimum absolute atomic E-state index is 0.126. The largest absolute Gasteiger partial charge is 0.364 e. The number of nitrogens with one attached hydrogen (secondary N) is 1. The maximum atomic E-state index is 12.2. The van der Waals surface area contributed by atoms with Crippen LogP contribution in [-0.4, -0.2) is 24.7 Å². The van der Waals surface area contributed by atoms with E-state index >= 15 is 0 Å². The van der Waals surface area contributed by atoms with E-state index in [0.717, 1.165) is 11.0 Å². The van der Waals surface area contributed by atoms with Crippen molar-refractivity contribution in [2.75, 3.05) is 11.4 Å². The van der Waals surface area contributed by atoms with Crippen LogP contribution in [0.3, 0.4) is 0 Å². The van der Waals surface area contributed by atoms with Gasteiger partial charge in [0.15, 0.2) is 0 Å². The van der Waals surface area contributed by atoms with E-state index in [1.165, 1.54) is 11.3 Å². The average Bonchev–Trinajstić information content (AvgIpc) is 2.88. The standard InChI is InChI=1S/C20H20BrN3O/c1-3-12-24-14(2)18(17-6-4-5-7-19(17)24)13-22-23-20(25)15-8-10-16(21)11-9-15/h3-11,13-14,18H,1,12H2,2H3,(H,23,25)/b22-13-. The number of anilines is 1. The van der Waals surface area contributed by atoms with Gasteiger partial charge in [0, 0.05) is 40.4 Å². The molecule has 0 bridgehead atoms. The molecule has 1 aliphatic heterocycles. The number of amides is 1. The van der Waals surface area contributed by atoms with Crippen LogP contribution in [0.2, 0.25) is 0 Å². The van der Waals surface area contributed by atoms with Crippen molar-refractivity contribution in [3.05, 3.63) is 76.8 Å². The van der Waals surface area contributed by atoms with Gasteiger partial charge in [0.05, 0.1) is 0 Å². The Morgan fingerprint density at radius 3 is 2.72 bits per heavy atom. The minimum Gasteiger partial charge on any atom is -0.364 e. The highest BCUT2D eigenvalue weighted by molar-refractivity contribution is 9.10. The van der Waals surface area contributed by atoms with Gasteiger partial charge < -0.3 is 4.90 Å². The lowest BCUT2D eigenvalue weighted by Crippen LogP contribution is -2.32. The highest BCUT2D eigenvalue weighted by Gasteiger charge is 2.33. The zero-order chi connectivity index (χ0) is 17.8. The van der Waals surface area contributed by atoms with Crippen LogP contribution >= 0.6 is 15.9 Å². The SMILES string of the molecule is C=CCN1c2ccccc2C(/C=N\NC(=O)c2ccc(Br)cc2)C1C. The highest BCUT2D eigenvalue weighted by Crippen LogP contribution is 2.39. The van der Waals surface area contributed by atoms with Gasteiger partial charge in [-0.3, -0.25) is 4.79 Å². The monoisotopic (exact) mass is 397 g/mol. The molecule has 2 unspecified atom stereocenters. The Bertz CT molecular complexity index is 801. The third-order valence-electron chi connectivity index (χ3n) is 4.45. The summed E-state index contributed by atoms with van der Waals surface area (Å²) in [6.45, 7) is 6.79. The number of halogens is 1. The topological polar surface area (TPSA) is 44.7 Å². The average molecular weight is 398 g/mol. The van der Waals surface area contributed by atoms with Crippen LogP contribution in [0, 0.1) is 0 Å². The van der Waals surface area contributed by atoms with Crippen LogP contribution in [0.5, 0.6) is 0 Å². The summed E-state index contributed by atoms with van der Waals surface area (Å²) in [7, 11) is 0. The van der Waals surface area contributed by atoms with Gasteiger partial charge in [-0.05, 0) is 42.8 Å². The maximum absolute atomic E-state index is 12.2. The number of para-hydroxylation sites is 1. The first kappa shape index (κ1) is 17.4. The van der Waals surface area contributed by atoms with Crippen LogP contribution in [0.15, 0.2) is 70.8 Å². The van der Waals surface area contributed by atoms with Gasteiger partial charge in [-0.1, -0.05) is 40.2 Å². The normalized spacial score (nSPS) is 19.0. The van der Waals surface area contributed by atoms with Gasteiger partial charge in [-0.15, -0.1) is 6.58 Å². The zero-order valence-electron chi connectivity index (χ0n) is 14.0. The second-order valence-corrected chi connectivity index (χ2v) is 6.91. The van der Waals surface area contributed by atoms with Gasteiger partial charge in [0.1, 0.15) is 0 Å². The molecule has 0 radical (unpaired) electrons. The summed E-state index contributed by atoms with van der Waals surface area (Å²) in [4.78, 5) is 14.5. The van der Waals surface area contributed by atoms with E-state index in [1.54, 1.807) is 12.1 Å². The first-order valence-electron chi connectivity index (χ1n) is 8.17. The second kappa shape index (κ2) is 7.66. The van der Waals surface area contributed by atoms with Crippen molar-refractivity contribution in [3.63, 3.8) is 0 Å². The van der Waals surface area contributed by atoms with E-state index in [9.17, 15) is 4.79 Å². The quantitative estimate of drug-likeness (QED) is 0.463. The summed E-state index contributed by atoms with van der Waals surface area (Å²) < 4.78 is 0.936. The number of hydrogen-bond donors (Lipinski definition) is 1. The lowest BCUT2D eigenvalue weighted by molar-refractivity contribution is 0.0955. The van der Waals surface area contributed by atoms with E-state index < -0.39 is 0 Å². The van der Waals surface area contributed by atoms with Crippen molar-refractivity contribution >= 4 is 33.7 Å². The lowest BCUT2D eigenvalue weighted by Gasteiger charge is -2.24. The Kier molecular flexibility index (Phi) is 5.34. The molecule has 128 valence electrons. The van der Waals surface area contributed by atoms with Crippen molar-refractivity contribution in [2.45, 2.75) is 18.9 Å². The van der Waals surface area contributed by atoms with Crippen LogP contribution in [-0.2, 0) is 0 Å². The van der Waals surface area contributed by atoms with Crippen molar-refractivity contribution < 1.29 is 4.79 Å². The molecule has 4 nitrogen and oxygen atoms in total. The van der Waals surface area contributed by atoms with Crippen molar-refractivity contribution in [2.24, 2.45) is 5.10 Å². The number of hydrogen-bond acceptors (Lipinski definition) is 3. The fourth-order valence-corrected chi connectivity index (χ4v) is 3.42. The molecule has 1 aliphatic rings. The second-order valence-electron chi connectivity index (χ2n) is 5.99. The summed E-state index contributed by atoms with van der Waals surface area (Å²) in [5.41, 5.74) is 5.62. The summed E-state index contributed by atoms with van der Waals surface area (Å²) >= 11 is 3.36. The smallest absolute Gasteiger partial charge is 0.271 e. The highest BCUT2D eigenvalue weighted by atomic mass is 79.9. The van der Waals surface area contributed by atoms with Gasteiger partial charge in [-0.25, -0.2) is 5.43 Å². The number of fused-ring (bicyclic) bond motifs is 1. The predicted molar refractivity (Wildman–Crippen MR) is 106 cm³/mol. The first-order chi connectivity index (χ1) is 12.1. The third kappa shape index (κ3) is 3.66. The number of benzene rings is 2. The molecule has 2 aromatic carbocycles. The van der Waals surface area contributed by atoms with E-state index in [1.807, 2.05) is 36.6 Å². The van der Waals surface area contributed by atoms with Gasteiger partial charge in [-0.2, -0.15) is 5.10 Å². The van der Waals surface area contributed by atoms with E-state index in [2.05, 4.69) is 57.0 Å². The summed E-state index contributed by atoms with van der Waals surface area (Å²) in [5.74, 6) is -0.0907. The molecule has 2 atom stereocenters. The predicted octanol–water partition coefficient (Wildman–Crippen LogP) is 4.34. The van der Waals surface area contributed by atoms with Crippen LogP contribution in [0.25, 0.3) is 0 Å².